The minimum absolute atomic E-state index is 0.161. The third-order valence-electron chi connectivity index (χ3n) is 5.90. The van der Waals surface area contributed by atoms with Gasteiger partial charge in [-0.2, -0.15) is 0 Å². The van der Waals surface area contributed by atoms with Crippen LogP contribution in [-0.4, -0.2) is 46.9 Å². The van der Waals surface area contributed by atoms with Crippen LogP contribution in [0.2, 0.25) is 5.02 Å². The molecular formula is C22H30ClN5O. The van der Waals surface area contributed by atoms with Crippen molar-refractivity contribution in [3.05, 3.63) is 35.5 Å². The lowest BCUT2D eigenvalue weighted by Gasteiger charge is -2.26. The monoisotopic (exact) mass is 415 g/mol. The number of pyridine rings is 2. The first-order chi connectivity index (χ1) is 14.2. The molecular weight excluding hydrogens is 386 g/mol. The Bertz CT molecular complexity index is 804. The molecule has 0 aromatic carbocycles. The van der Waals surface area contributed by atoms with Crippen molar-refractivity contribution in [1.82, 2.24) is 15.3 Å². The van der Waals surface area contributed by atoms with E-state index in [0.29, 0.717) is 17.0 Å². The smallest absolute Gasteiger partial charge is 0.126 e. The van der Waals surface area contributed by atoms with E-state index in [9.17, 15) is 5.11 Å². The third kappa shape index (κ3) is 5.59. The van der Waals surface area contributed by atoms with E-state index in [1.165, 1.54) is 12.8 Å². The van der Waals surface area contributed by atoms with Gasteiger partial charge in [-0.1, -0.05) is 17.7 Å². The average molecular weight is 416 g/mol. The first-order valence-corrected chi connectivity index (χ1v) is 11.1. The molecule has 156 valence electrons. The van der Waals surface area contributed by atoms with Crippen molar-refractivity contribution in [2.75, 3.05) is 30.3 Å². The van der Waals surface area contributed by atoms with E-state index < -0.39 is 0 Å². The highest BCUT2D eigenvalue weighted by Crippen LogP contribution is 2.30. The lowest BCUT2D eigenvalue weighted by molar-refractivity contribution is 0.126. The van der Waals surface area contributed by atoms with E-state index in [0.717, 1.165) is 68.2 Å². The Morgan fingerprint density at radius 3 is 2.79 bits per heavy atom. The SMILES string of the molecule is O[C@H]1CC[C@H](Nc2cc(-c3cccc(NC[C@@H]4CCCNC4)n3)c(Cl)cn2)CC1. The molecule has 29 heavy (non-hydrogen) atoms. The number of piperidine rings is 1. The van der Waals surface area contributed by atoms with Gasteiger partial charge in [-0.25, -0.2) is 9.97 Å². The van der Waals surface area contributed by atoms with Gasteiger partial charge >= 0.3 is 0 Å². The molecule has 0 bridgehead atoms. The zero-order valence-corrected chi connectivity index (χ0v) is 17.5. The molecule has 1 saturated carbocycles. The Labute approximate surface area is 177 Å². The molecule has 7 heteroatoms. The predicted octanol–water partition coefficient (Wildman–Crippen LogP) is 3.92. The predicted molar refractivity (Wildman–Crippen MR) is 118 cm³/mol. The van der Waals surface area contributed by atoms with Crippen LogP contribution in [0, 0.1) is 5.92 Å². The van der Waals surface area contributed by atoms with E-state index in [2.05, 4.69) is 20.9 Å². The number of hydrogen-bond donors (Lipinski definition) is 4. The molecule has 0 amide bonds. The highest BCUT2D eigenvalue weighted by atomic mass is 35.5. The molecule has 4 rings (SSSR count). The normalized spacial score (nSPS) is 24.8. The molecule has 6 nitrogen and oxygen atoms in total. The van der Waals surface area contributed by atoms with Crippen molar-refractivity contribution in [3.63, 3.8) is 0 Å². The number of anilines is 2. The molecule has 3 heterocycles. The molecule has 4 N–H and O–H groups in total. The number of nitrogens with zero attached hydrogens (tertiary/aromatic N) is 2. The number of aromatic nitrogens is 2. The van der Waals surface area contributed by atoms with Gasteiger partial charge in [0.1, 0.15) is 11.6 Å². The van der Waals surface area contributed by atoms with Crippen molar-refractivity contribution in [2.24, 2.45) is 5.92 Å². The Balaban J connectivity index is 1.44. The fraction of sp³-hybridized carbons (Fsp3) is 0.545. The zero-order chi connectivity index (χ0) is 20.1. The van der Waals surface area contributed by atoms with Crippen LogP contribution in [0.25, 0.3) is 11.3 Å². The van der Waals surface area contributed by atoms with Crippen LogP contribution >= 0.6 is 11.6 Å². The van der Waals surface area contributed by atoms with Crippen LogP contribution in [0.3, 0.4) is 0 Å². The summed E-state index contributed by atoms with van der Waals surface area (Å²) >= 11 is 6.45. The minimum atomic E-state index is -0.161. The van der Waals surface area contributed by atoms with E-state index in [1.54, 1.807) is 6.20 Å². The van der Waals surface area contributed by atoms with Crippen LogP contribution < -0.4 is 16.0 Å². The van der Waals surface area contributed by atoms with Crippen LogP contribution in [0.5, 0.6) is 0 Å². The van der Waals surface area contributed by atoms with Crippen LogP contribution in [0.4, 0.5) is 11.6 Å². The highest BCUT2D eigenvalue weighted by Gasteiger charge is 2.20. The number of aliphatic hydroxyl groups is 1. The quantitative estimate of drug-likeness (QED) is 0.572. The van der Waals surface area contributed by atoms with Gasteiger partial charge in [0.2, 0.25) is 0 Å². The summed E-state index contributed by atoms with van der Waals surface area (Å²) in [5.41, 5.74) is 1.72. The summed E-state index contributed by atoms with van der Waals surface area (Å²) < 4.78 is 0. The molecule has 2 aliphatic rings. The van der Waals surface area contributed by atoms with Crippen molar-refractivity contribution in [2.45, 2.75) is 50.7 Å². The topological polar surface area (TPSA) is 82.1 Å². The van der Waals surface area contributed by atoms with Gasteiger partial charge in [0.05, 0.1) is 16.8 Å². The molecule has 2 aromatic heterocycles. The van der Waals surface area contributed by atoms with E-state index in [1.807, 2.05) is 24.3 Å². The van der Waals surface area contributed by atoms with E-state index >= 15 is 0 Å². The zero-order valence-electron chi connectivity index (χ0n) is 16.7. The second kappa shape index (κ2) is 9.74. The van der Waals surface area contributed by atoms with Crippen molar-refractivity contribution < 1.29 is 5.11 Å². The summed E-state index contributed by atoms with van der Waals surface area (Å²) in [6, 6.07) is 8.31. The number of rotatable bonds is 6. The van der Waals surface area contributed by atoms with Crippen molar-refractivity contribution in [1.29, 1.82) is 0 Å². The maximum absolute atomic E-state index is 9.70. The van der Waals surface area contributed by atoms with Crippen LogP contribution in [0.15, 0.2) is 30.5 Å². The second-order valence-corrected chi connectivity index (χ2v) is 8.61. The van der Waals surface area contributed by atoms with Crippen LogP contribution in [-0.2, 0) is 0 Å². The molecule has 1 saturated heterocycles. The lowest BCUT2D eigenvalue weighted by atomic mass is 9.93. The molecule has 2 aromatic rings. The molecule has 1 atom stereocenters. The van der Waals surface area contributed by atoms with Gasteiger partial charge < -0.3 is 21.1 Å². The highest BCUT2D eigenvalue weighted by molar-refractivity contribution is 6.33. The van der Waals surface area contributed by atoms with Crippen molar-refractivity contribution in [3.8, 4) is 11.3 Å². The standard InChI is InChI=1S/C22H30ClN5O/c23-19-14-26-22(27-16-6-8-17(29)9-7-16)11-18(19)20-4-1-5-21(28-20)25-13-15-3-2-10-24-12-15/h1,4-5,11,14-17,24,29H,2-3,6-10,12-13H2,(H,25,28)(H,26,27)/t15-,16-,17-/m1/s1. The van der Waals surface area contributed by atoms with Crippen LogP contribution in [0.1, 0.15) is 38.5 Å². The summed E-state index contributed by atoms with van der Waals surface area (Å²) in [5.74, 6) is 2.32. The first-order valence-electron chi connectivity index (χ1n) is 10.7. The summed E-state index contributed by atoms with van der Waals surface area (Å²) in [4.78, 5) is 9.22. The van der Waals surface area contributed by atoms with E-state index in [-0.39, 0.29) is 6.10 Å². The summed E-state index contributed by atoms with van der Waals surface area (Å²) in [5, 5.41) is 20.7. The number of nitrogens with one attached hydrogen (secondary N) is 3. The molecule has 2 fully saturated rings. The van der Waals surface area contributed by atoms with Gasteiger partial charge in [0.25, 0.3) is 0 Å². The number of aliphatic hydroxyl groups excluding tert-OH is 1. The van der Waals surface area contributed by atoms with E-state index in [4.69, 9.17) is 16.6 Å². The van der Waals surface area contributed by atoms with Gasteiger partial charge in [0.15, 0.2) is 0 Å². The Hall–Kier alpha value is -1.89. The average Bonchev–Trinajstić information content (AvgIpc) is 2.76. The molecule has 0 unspecified atom stereocenters. The lowest BCUT2D eigenvalue weighted by Crippen LogP contribution is -2.33. The van der Waals surface area contributed by atoms with Gasteiger partial charge in [0, 0.05) is 24.3 Å². The Morgan fingerprint density at radius 1 is 1.14 bits per heavy atom. The Morgan fingerprint density at radius 2 is 2.00 bits per heavy atom. The summed E-state index contributed by atoms with van der Waals surface area (Å²) in [7, 11) is 0. The molecule has 1 aliphatic carbocycles. The second-order valence-electron chi connectivity index (χ2n) is 8.20. The fourth-order valence-corrected chi connectivity index (χ4v) is 4.37. The third-order valence-corrected chi connectivity index (χ3v) is 6.20. The largest absolute Gasteiger partial charge is 0.393 e. The maximum atomic E-state index is 9.70. The van der Waals surface area contributed by atoms with Crippen molar-refractivity contribution >= 4 is 23.2 Å². The first kappa shape index (κ1) is 20.4. The minimum Gasteiger partial charge on any atom is -0.393 e. The van der Waals surface area contributed by atoms with Gasteiger partial charge in [-0.05, 0) is 75.7 Å². The molecule has 0 radical (unpaired) electrons. The fourth-order valence-electron chi connectivity index (χ4n) is 4.17. The Kier molecular flexibility index (Phi) is 6.85. The molecule has 0 spiro atoms. The molecule has 1 aliphatic heterocycles. The number of hydrogen-bond acceptors (Lipinski definition) is 6. The summed E-state index contributed by atoms with van der Waals surface area (Å²) in [6.07, 6.45) is 7.60. The number of halogens is 1. The summed E-state index contributed by atoms with van der Waals surface area (Å²) in [6.45, 7) is 3.12. The van der Waals surface area contributed by atoms with Gasteiger partial charge in [-0.15, -0.1) is 0 Å². The van der Waals surface area contributed by atoms with Gasteiger partial charge in [-0.3, -0.25) is 0 Å². The maximum Gasteiger partial charge on any atom is 0.126 e.